The first-order chi connectivity index (χ1) is 6.23. The topological polar surface area (TPSA) is 26.3 Å². The normalized spacial score (nSPS) is 31.3. The van der Waals surface area contributed by atoms with Crippen molar-refractivity contribution in [1.82, 2.24) is 0 Å². The Balaban J connectivity index is 1.86. The highest BCUT2D eigenvalue weighted by atomic mass is 16.5. The Kier molecular flexibility index (Phi) is 2.41. The first-order valence-electron chi connectivity index (χ1n) is 5.36. The molecule has 0 radical (unpaired) electrons. The second-order valence-electron chi connectivity index (χ2n) is 4.53. The van der Waals surface area contributed by atoms with Gasteiger partial charge in [-0.2, -0.15) is 0 Å². The number of hydrogen-bond acceptors (Lipinski definition) is 2. The van der Waals surface area contributed by atoms with Gasteiger partial charge in [-0.05, 0) is 45.4 Å². The average molecular weight is 182 g/mol. The summed E-state index contributed by atoms with van der Waals surface area (Å²) in [6.07, 6.45) is 7.20. The van der Waals surface area contributed by atoms with Crippen LogP contribution in [0.25, 0.3) is 0 Å². The lowest BCUT2D eigenvalue weighted by molar-refractivity contribution is -0.124. The maximum absolute atomic E-state index is 11.3. The van der Waals surface area contributed by atoms with Gasteiger partial charge in [0.05, 0.1) is 6.10 Å². The third kappa shape index (κ3) is 1.93. The summed E-state index contributed by atoms with van der Waals surface area (Å²) >= 11 is 0. The van der Waals surface area contributed by atoms with Crippen molar-refractivity contribution in [2.24, 2.45) is 5.41 Å². The van der Waals surface area contributed by atoms with Gasteiger partial charge in [-0.3, -0.25) is 4.79 Å². The standard InChI is InChI=1S/C11H18O2/c1-9(12)11(5-6-11)8-10-4-2-3-7-13-10/h10H,2-8H2,1H3. The maximum atomic E-state index is 11.3. The third-order valence-corrected chi connectivity index (χ3v) is 3.49. The van der Waals surface area contributed by atoms with Crippen molar-refractivity contribution < 1.29 is 9.53 Å². The number of ketones is 1. The van der Waals surface area contributed by atoms with Gasteiger partial charge >= 0.3 is 0 Å². The first kappa shape index (κ1) is 9.20. The summed E-state index contributed by atoms with van der Waals surface area (Å²) in [4.78, 5) is 11.3. The molecule has 13 heavy (non-hydrogen) atoms. The minimum atomic E-state index is 0.0437. The van der Waals surface area contributed by atoms with Crippen LogP contribution in [-0.2, 0) is 9.53 Å². The lowest BCUT2D eigenvalue weighted by Crippen LogP contribution is -2.26. The van der Waals surface area contributed by atoms with Gasteiger partial charge in [0.15, 0.2) is 0 Å². The Hall–Kier alpha value is -0.370. The van der Waals surface area contributed by atoms with Gasteiger partial charge < -0.3 is 4.74 Å². The van der Waals surface area contributed by atoms with Crippen molar-refractivity contribution in [2.75, 3.05) is 6.61 Å². The molecule has 1 saturated carbocycles. The van der Waals surface area contributed by atoms with E-state index in [1.807, 2.05) is 0 Å². The van der Waals surface area contributed by atoms with E-state index in [2.05, 4.69) is 0 Å². The number of carbonyl (C=O) groups is 1. The van der Waals surface area contributed by atoms with Crippen LogP contribution < -0.4 is 0 Å². The lowest BCUT2D eigenvalue weighted by atomic mass is 9.91. The van der Waals surface area contributed by atoms with E-state index >= 15 is 0 Å². The van der Waals surface area contributed by atoms with E-state index in [9.17, 15) is 4.79 Å². The van der Waals surface area contributed by atoms with E-state index < -0.39 is 0 Å². The van der Waals surface area contributed by atoms with Crippen molar-refractivity contribution in [3.05, 3.63) is 0 Å². The summed E-state index contributed by atoms with van der Waals surface area (Å²) in [5.41, 5.74) is 0.0437. The van der Waals surface area contributed by atoms with Crippen molar-refractivity contribution in [3.8, 4) is 0 Å². The van der Waals surface area contributed by atoms with Crippen LogP contribution in [0, 0.1) is 5.41 Å². The molecular formula is C11H18O2. The Morgan fingerprint density at radius 2 is 2.23 bits per heavy atom. The molecule has 0 aromatic carbocycles. The van der Waals surface area contributed by atoms with E-state index in [-0.39, 0.29) is 5.41 Å². The Morgan fingerprint density at radius 1 is 1.46 bits per heavy atom. The Bertz CT molecular complexity index is 200. The maximum Gasteiger partial charge on any atom is 0.136 e. The molecule has 74 valence electrons. The van der Waals surface area contributed by atoms with Gasteiger partial charge in [-0.25, -0.2) is 0 Å². The van der Waals surface area contributed by atoms with Gasteiger partial charge in [-0.15, -0.1) is 0 Å². The largest absolute Gasteiger partial charge is 0.378 e. The highest BCUT2D eigenvalue weighted by Gasteiger charge is 2.48. The van der Waals surface area contributed by atoms with E-state index in [0.29, 0.717) is 11.9 Å². The van der Waals surface area contributed by atoms with Crippen LogP contribution >= 0.6 is 0 Å². The van der Waals surface area contributed by atoms with E-state index in [0.717, 1.165) is 32.3 Å². The van der Waals surface area contributed by atoms with Gasteiger partial charge in [0, 0.05) is 12.0 Å². The highest BCUT2D eigenvalue weighted by Crippen LogP contribution is 2.51. The molecule has 2 fully saturated rings. The number of rotatable bonds is 3. The molecule has 2 aliphatic rings. The molecule has 0 aromatic rings. The molecule has 1 atom stereocenters. The molecule has 2 rings (SSSR count). The smallest absolute Gasteiger partial charge is 0.136 e. The molecule has 0 aromatic heterocycles. The van der Waals surface area contributed by atoms with Gasteiger partial charge in [0.25, 0.3) is 0 Å². The Morgan fingerprint density at radius 3 is 2.69 bits per heavy atom. The molecule has 2 nitrogen and oxygen atoms in total. The predicted octanol–water partition coefficient (Wildman–Crippen LogP) is 2.31. The second-order valence-corrected chi connectivity index (χ2v) is 4.53. The van der Waals surface area contributed by atoms with Crippen molar-refractivity contribution >= 4 is 5.78 Å². The zero-order valence-electron chi connectivity index (χ0n) is 8.34. The summed E-state index contributed by atoms with van der Waals surface area (Å²) in [6, 6.07) is 0. The number of hydrogen-bond donors (Lipinski definition) is 0. The molecule has 0 amide bonds. The number of ether oxygens (including phenoxy) is 1. The summed E-state index contributed by atoms with van der Waals surface area (Å²) < 4.78 is 5.65. The molecule has 2 heteroatoms. The van der Waals surface area contributed by atoms with E-state index in [4.69, 9.17) is 4.74 Å². The monoisotopic (exact) mass is 182 g/mol. The quantitative estimate of drug-likeness (QED) is 0.669. The van der Waals surface area contributed by atoms with Gasteiger partial charge in [0.2, 0.25) is 0 Å². The third-order valence-electron chi connectivity index (χ3n) is 3.49. The van der Waals surface area contributed by atoms with Gasteiger partial charge in [0.1, 0.15) is 5.78 Å². The molecule has 0 N–H and O–H groups in total. The summed E-state index contributed by atoms with van der Waals surface area (Å²) in [5, 5.41) is 0. The van der Waals surface area contributed by atoms with Crippen LogP contribution in [0.15, 0.2) is 0 Å². The molecule has 1 heterocycles. The average Bonchev–Trinajstić information content (AvgIpc) is 2.87. The lowest BCUT2D eigenvalue weighted by Gasteiger charge is -2.25. The van der Waals surface area contributed by atoms with Crippen LogP contribution in [0.1, 0.15) is 45.4 Å². The molecule has 1 saturated heterocycles. The van der Waals surface area contributed by atoms with Crippen LogP contribution in [0.2, 0.25) is 0 Å². The van der Waals surface area contributed by atoms with Crippen molar-refractivity contribution in [2.45, 2.75) is 51.6 Å². The van der Waals surface area contributed by atoms with Crippen molar-refractivity contribution in [3.63, 3.8) is 0 Å². The fraction of sp³-hybridized carbons (Fsp3) is 0.909. The fourth-order valence-electron chi connectivity index (χ4n) is 2.26. The summed E-state index contributed by atoms with van der Waals surface area (Å²) in [5.74, 6) is 0.377. The fourth-order valence-corrected chi connectivity index (χ4v) is 2.26. The van der Waals surface area contributed by atoms with E-state index in [1.54, 1.807) is 6.92 Å². The minimum Gasteiger partial charge on any atom is -0.378 e. The summed E-state index contributed by atoms with van der Waals surface area (Å²) in [6.45, 7) is 2.63. The first-order valence-corrected chi connectivity index (χ1v) is 5.36. The van der Waals surface area contributed by atoms with Crippen LogP contribution in [0.3, 0.4) is 0 Å². The van der Waals surface area contributed by atoms with Crippen LogP contribution in [0.4, 0.5) is 0 Å². The molecule has 0 bridgehead atoms. The second kappa shape index (κ2) is 3.41. The SMILES string of the molecule is CC(=O)C1(CC2CCCCO2)CC1. The number of Topliss-reactive ketones (excluding diaryl/α,β-unsaturated/α-hetero) is 1. The van der Waals surface area contributed by atoms with Crippen molar-refractivity contribution in [1.29, 1.82) is 0 Å². The zero-order chi connectivity index (χ0) is 9.31. The zero-order valence-corrected chi connectivity index (χ0v) is 8.34. The van der Waals surface area contributed by atoms with Gasteiger partial charge in [-0.1, -0.05) is 0 Å². The Labute approximate surface area is 79.7 Å². The molecule has 1 aliphatic heterocycles. The van der Waals surface area contributed by atoms with E-state index in [1.165, 1.54) is 12.8 Å². The molecular weight excluding hydrogens is 164 g/mol. The number of carbonyl (C=O) groups excluding carboxylic acids is 1. The predicted molar refractivity (Wildman–Crippen MR) is 50.6 cm³/mol. The highest BCUT2D eigenvalue weighted by molar-refractivity contribution is 5.85. The van der Waals surface area contributed by atoms with Crippen LogP contribution in [-0.4, -0.2) is 18.5 Å². The van der Waals surface area contributed by atoms with Crippen LogP contribution in [0.5, 0.6) is 0 Å². The summed E-state index contributed by atoms with van der Waals surface area (Å²) in [7, 11) is 0. The molecule has 0 spiro atoms. The minimum absolute atomic E-state index is 0.0437. The molecule has 1 aliphatic carbocycles. The molecule has 1 unspecified atom stereocenters.